The summed E-state index contributed by atoms with van der Waals surface area (Å²) >= 11 is 11.9. The van der Waals surface area contributed by atoms with E-state index in [-0.39, 0.29) is 11.5 Å². The Labute approximate surface area is 219 Å². The van der Waals surface area contributed by atoms with Gasteiger partial charge in [0.05, 0.1) is 11.1 Å². The van der Waals surface area contributed by atoms with E-state index in [1.54, 1.807) is 48.5 Å². The highest BCUT2D eigenvalue weighted by Gasteiger charge is 2.23. The summed E-state index contributed by atoms with van der Waals surface area (Å²) < 4.78 is 11.8. The molecule has 6 heteroatoms. The van der Waals surface area contributed by atoms with E-state index < -0.39 is 11.9 Å². The molecule has 0 saturated carbocycles. The van der Waals surface area contributed by atoms with Crippen molar-refractivity contribution in [3.63, 3.8) is 0 Å². The maximum Gasteiger partial charge on any atom is 0.343 e. The third-order valence-corrected chi connectivity index (χ3v) is 5.89. The van der Waals surface area contributed by atoms with Crippen LogP contribution in [0.3, 0.4) is 0 Å². The minimum atomic E-state index is -0.616. The SMILES string of the molecule is Cc1ccc(C(OC(=O)c2ccc(Cl)cc2)=C(OC(=O)c2ccc(Cl)cc2)c2ccc(C)cc2)cc1. The maximum atomic E-state index is 13.1. The van der Waals surface area contributed by atoms with Crippen molar-refractivity contribution in [3.8, 4) is 0 Å². The van der Waals surface area contributed by atoms with Gasteiger partial charge in [0.1, 0.15) is 0 Å². The minimum Gasteiger partial charge on any atom is -0.418 e. The van der Waals surface area contributed by atoms with Gasteiger partial charge in [-0.15, -0.1) is 0 Å². The fraction of sp³-hybridized carbons (Fsp3) is 0.0667. The number of esters is 2. The van der Waals surface area contributed by atoms with Gasteiger partial charge in [-0.05, 0) is 62.4 Å². The van der Waals surface area contributed by atoms with Crippen LogP contribution >= 0.6 is 23.2 Å². The zero-order valence-corrected chi connectivity index (χ0v) is 21.1. The van der Waals surface area contributed by atoms with Crippen LogP contribution in [-0.4, -0.2) is 11.9 Å². The van der Waals surface area contributed by atoms with Crippen molar-refractivity contribution in [1.29, 1.82) is 0 Å². The molecule has 0 saturated heterocycles. The van der Waals surface area contributed by atoms with E-state index >= 15 is 0 Å². The van der Waals surface area contributed by atoms with Gasteiger partial charge in [-0.25, -0.2) is 9.59 Å². The van der Waals surface area contributed by atoms with Gasteiger partial charge < -0.3 is 9.47 Å². The molecule has 0 N–H and O–H groups in total. The smallest absolute Gasteiger partial charge is 0.343 e. The van der Waals surface area contributed by atoms with Crippen molar-refractivity contribution in [2.75, 3.05) is 0 Å². The van der Waals surface area contributed by atoms with Crippen molar-refractivity contribution in [2.45, 2.75) is 13.8 Å². The van der Waals surface area contributed by atoms with Crippen molar-refractivity contribution in [2.24, 2.45) is 0 Å². The zero-order chi connectivity index (χ0) is 25.7. The van der Waals surface area contributed by atoms with Crippen LogP contribution in [0.2, 0.25) is 10.0 Å². The molecule has 0 aliphatic heterocycles. The van der Waals surface area contributed by atoms with Gasteiger partial charge in [-0.1, -0.05) is 82.9 Å². The van der Waals surface area contributed by atoms with Gasteiger partial charge in [-0.3, -0.25) is 0 Å². The van der Waals surface area contributed by atoms with Crippen LogP contribution in [-0.2, 0) is 9.47 Å². The molecule has 0 aliphatic carbocycles. The number of hydrogen-bond donors (Lipinski definition) is 0. The van der Waals surface area contributed by atoms with Crippen LogP contribution in [0.5, 0.6) is 0 Å². The van der Waals surface area contributed by atoms with E-state index in [1.165, 1.54) is 0 Å². The molecule has 0 bridgehead atoms. The van der Waals surface area contributed by atoms with Crippen molar-refractivity contribution in [1.82, 2.24) is 0 Å². The molecule has 0 unspecified atom stereocenters. The highest BCUT2D eigenvalue weighted by Crippen LogP contribution is 2.31. The van der Waals surface area contributed by atoms with Gasteiger partial charge in [-0.2, -0.15) is 0 Å². The highest BCUT2D eigenvalue weighted by molar-refractivity contribution is 6.31. The Balaban J connectivity index is 1.85. The van der Waals surface area contributed by atoms with E-state index in [4.69, 9.17) is 32.7 Å². The standard InChI is InChI=1S/C30H22Cl2O4/c1-19-3-7-21(8-4-19)27(35-29(33)23-11-15-25(31)16-12-23)28(22-9-5-20(2)6-10-22)36-30(34)24-13-17-26(32)18-14-24/h3-18H,1-2H3. The monoisotopic (exact) mass is 516 g/mol. The summed E-state index contributed by atoms with van der Waals surface area (Å²) in [5.74, 6) is -1.01. The number of hydrogen-bond acceptors (Lipinski definition) is 4. The van der Waals surface area contributed by atoms with E-state index in [1.807, 2.05) is 62.4 Å². The topological polar surface area (TPSA) is 52.6 Å². The summed E-state index contributed by atoms with van der Waals surface area (Å²) in [7, 11) is 0. The first-order chi connectivity index (χ1) is 17.3. The number of carbonyl (C=O) groups is 2. The van der Waals surface area contributed by atoms with Gasteiger partial charge >= 0.3 is 11.9 Å². The van der Waals surface area contributed by atoms with Gasteiger partial charge in [0, 0.05) is 21.2 Å². The Kier molecular flexibility index (Phi) is 7.89. The lowest BCUT2D eigenvalue weighted by Crippen LogP contribution is -2.11. The number of halogens is 2. The molecule has 0 aromatic heterocycles. The molecule has 4 nitrogen and oxygen atoms in total. The molecular weight excluding hydrogens is 495 g/mol. The normalized spacial score (nSPS) is 11.4. The lowest BCUT2D eigenvalue weighted by molar-refractivity contribution is 0.0647. The van der Waals surface area contributed by atoms with Gasteiger partial charge in [0.2, 0.25) is 0 Å². The Bertz CT molecular complexity index is 1290. The lowest BCUT2D eigenvalue weighted by atomic mass is 10.1. The quantitative estimate of drug-likeness (QED) is 0.147. The van der Waals surface area contributed by atoms with Crippen molar-refractivity contribution in [3.05, 3.63) is 140 Å². The van der Waals surface area contributed by atoms with Crippen LogP contribution in [0.15, 0.2) is 97.1 Å². The molecule has 0 aliphatic rings. The molecule has 4 aromatic carbocycles. The number of ether oxygens (including phenoxy) is 2. The molecule has 4 aromatic rings. The number of rotatable bonds is 6. The predicted molar refractivity (Wildman–Crippen MR) is 143 cm³/mol. The van der Waals surface area contributed by atoms with Crippen molar-refractivity contribution >= 4 is 46.7 Å². The third-order valence-electron chi connectivity index (χ3n) is 5.38. The third kappa shape index (κ3) is 6.22. The Morgan fingerprint density at radius 3 is 1.06 bits per heavy atom. The van der Waals surface area contributed by atoms with E-state index in [0.717, 1.165) is 11.1 Å². The summed E-state index contributed by atoms with van der Waals surface area (Å²) in [5, 5.41) is 0.996. The summed E-state index contributed by atoms with van der Waals surface area (Å²) in [6, 6.07) is 27.5. The predicted octanol–water partition coefficient (Wildman–Crippen LogP) is 8.15. The summed E-state index contributed by atoms with van der Waals surface area (Å²) in [5.41, 5.74) is 3.80. The average molecular weight is 517 g/mol. The van der Waals surface area contributed by atoms with Crippen LogP contribution in [0, 0.1) is 13.8 Å². The molecule has 4 rings (SSSR count). The number of carbonyl (C=O) groups excluding carboxylic acids is 2. The number of benzene rings is 4. The highest BCUT2D eigenvalue weighted by atomic mass is 35.5. The second-order valence-electron chi connectivity index (χ2n) is 8.18. The van der Waals surface area contributed by atoms with Gasteiger partial charge in [0.15, 0.2) is 11.5 Å². The molecule has 0 spiro atoms. The molecule has 0 fully saturated rings. The first kappa shape index (κ1) is 25.2. The van der Waals surface area contributed by atoms with Gasteiger partial charge in [0.25, 0.3) is 0 Å². The molecule has 180 valence electrons. The summed E-state index contributed by atoms with van der Waals surface area (Å²) in [6.07, 6.45) is 0. The Morgan fingerprint density at radius 1 is 0.472 bits per heavy atom. The molecule has 0 amide bonds. The summed E-state index contributed by atoms with van der Waals surface area (Å²) in [6.45, 7) is 3.91. The molecule has 0 radical (unpaired) electrons. The van der Waals surface area contributed by atoms with Crippen LogP contribution in [0.4, 0.5) is 0 Å². The first-order valence-corrected chi connectivity index (χ1v) is 11.9. The van der Waals surface area contributed by atoms with Crippen LogP contribution in [0.25, 0.3) is 11.5 Å². The molecular formula is C30H22Cl2O4. The Hall–Kier alpha value is -3.86. The van der Waals surface area contributed by atoms with E-state index in [2.05, 4.69) is 0 Å². The maximum absolute atomic E-state index is 13.1. The number of aryl methyl sites for hydroxylation is 2. The minimum absolute atomic E-state index is 0.112. The Morgan fingerprint density at radius 2 is 0.750 bits per heavy atom. The molecule has 0 atom stereocenters. The van der Waals surface area contributed by atoms with Crippen LogP contribution < -0.4 is 0 Å². The molecule has 36 heavy (non-hydrogen) atoms. The first-order valence-electron chi connectivity index (χ1n) is 11.1. The van der Waals surface area contributed by atoms with E-state index in [0.29, 0.717) is 32.3 Å². The second-order valence-corrected chi connectivity index (χ2v) is 9.06. The fourth-order valence-corrected chi connectivity index (χ4v) is 3.61. The summed E-state index contributed by atoms with van der Waals surface area (Å²) in [4.78, 5) is 26.3. The largest absolute Gasteiger partial charge is 0.418 e. The van der Waals surface area contributed by atoms with Crippen molar-refractivity contribution < 1.29 is 19.1 Å². The molecule has 0 heterocycles. The lowest BCUT2D eigenvalue weighted by Gasteiger charge is -2.17. The average Bonchev–Trinajstić information content (AvgIpc) is 2.88. The van der Waals surface area contributed by atoms with E-state index in [9.17, 15) is 9.59 Å². The second kappa shape index (κ2) is 11.3. The zero-order valence-electron chi connectivity index (χ0n) is 19.6. The van der Waals surface area contributed by atoms with Crippen LogP contribution in [0.1, 0.15) is 43.0 Å². The fourth-order valence-electron chi connectivity index (χ4n) is 3.36.